The lowest BCUT2D eigenvalue weighted by Gasteiger charge is -2.17. The number of anilines is 1. The van der Waals surface area contributed by atoms with Crippen LogP contribution in [0.5, 0.6) is 0 Å². The number of para-hydroxylation sites is 1. The van der Waals surface area contributed by atoms with E-state index in [4.69, 9.17) is 5.73 Å². The number of aryl methyl sites for hydroxylation is 1. The van der Waals surface area contributed by atoms with Gasteiger partial charge in [-0.15, -0.1) is 23.7 Å². The van der Waals surface area contributed by atoms with Gasteiger partial charge in [0, 0.05) is 30.6 Å². The van der Waals surface area contributed by atoms with Crippen molar-refractivity contribution in [2.45, 2.75) is 19.3 Å². The number of halogens is 1. The third kappa shape index (κ3) is 5.40. The third-order valence-corrected chi connectivity index (χ3v) is 4.30. The molecule has 0 unspecified atom stereocenters. The summed E-state index contributed by atoms with van der Waals surface area (Å²) < 4.78 is 0. The Labute approximate surface area is 136 Å². The normalized spacial score (nSPS) is 9.95. The number of amides is 1. The highest BCUT2D eigenvalue weighted by molar-refractivity contribution is 7.09. The first-order chi connectivity index (χ1) is 9.66. The Hall–Kier alpha value is -1.52. The smallest absolute Gasteiger partial charge is 0.222 e. The van der Waals surface area contributed by atoms with Crippen LogP contribution in [0.15, 0.2) is 41.8 Å². The monoisotopic (exact) mass is 324 g/mol. The van der Waals surface area contributed by atoms with Crippen LogP contribution < -0.4 is 5.73 Å². The van der Waals surface area contributed by atoms with Crippen LogP contribution in [0.1, 0.15) is 16.9 Å². The molecule has 0 saturated heterocycles. The van der Waals surface area contributed by atoms with Gasteiger partial charge in [-0.2, -0.15) is 0 Å². The summed E-state index contributed by atoms with van der Waals surface area (Å²) >= 11 is 1.73. The molecule has 1 aromatic carbocycles. The van der Waals surface area contributed by atoms with E-state index in [1.165, 1.54) is 4.88 Å². The summed E-state index contributed by atoms with van der Waals surface area (Å²) in [6.45, 7) is 0.767. The van der Waals surface area contributed by atoms with Crippen molar-refractivity contribution >= 4 is 35.3 Å². The molecule has 0 aliphatic heterocycles. The zero-order valence-corrected chi connectivity index (χ0v) is 13.8. The van der Waals surface area contributed by atoms with Crippen LogP contribution >= 0.6 is 23.7 Å². The Morgan fingerprint density at radius 1 is 1.19 bits per heavy atom. The first-order valence-electron chi connectivity index (χ1n) is 6.76. The first-order valence-corrected chi connectivity index (χ1v) is 7.64. The van der Waals surface area contributed by atoms with Gasteiger partial charge in [-0.3, -0.25) is 4.79 Å². The van der Waals surface area contributed by atoms with E-state index in [9.17, 15) is 4.79 Å². The minimum Gasteiger partial charge on any atom is -0.399 e. The molecular weight excluding hydrogens is 304 g/mol. The topological polar surface area (TPSA) is 46.3 Å². The summed E-state index contributed by atoms with van der Waals surface area (Å²) in [5.74, 6) is 0.171. The van der Waals surface area contributed by atoms with E-state index in [1.807, 2.05) is 37.4 Å². The Balaban J connectivity index is 0.00000220. The highest BCUT2D eigenvalue weighted by atomic mass is 35.5. The van der Waals surface area contributed by atoms with E-state index in [0.717, 1.165) is 24.2 Å². The van der Waals surface area contributed by atoms with Crippen LogP contribution in [-0.2, 0) is 17.6 Å². The van der Waals surface area contributed by atoms with Crippen LogP contribution in [0.25, 0.3) is 0 Å². The van der Waals surface area contributed by atoms with Crippen LogP contribution in [0.3, 0.4) is 0 Å². The van der Waals surface area contributed by atoms with Crippen molar-refractivity contribution in [1.29, 1.82) is 0 Å². The minimum atomic E-state index is 0. The number of nitrogens with zero attached hydrogens (tertiary/aromatic N) is 1. The maximum atomic E-state index is 12.1. The van der Waals surface area contributed by atoms with E-state index >= 15 is 0 Å². The lowest BCUT2D eigenvalue weighted by Crippen LogP contribution is -2.28. The average molecular weight is 325 g/mol. The first kappa shape index (κ1) is 17.5. The Morgan fingerprint density at radius 3 is 2.62 bits per heavy atom. The Morgan fingerprint density at radius 2 is 1.95 bits per heavy atom. The molecule has 0 fully saturated rings. The van der Waals surface area contributed by atoms with Gasteiger partial charge in [0.2, 0.25) is 5.91 Å². The molecule has 21 heavy (non-hydrogen) atoms. The lowest BCUT2D eigenvalue weighted by atomic mass is 10.1. The molecule has 0 spiro atoms. The van der Waals surface area contributed by atoms with Crippen molar-refractivity contribution in [2.75, 3.05) is 19.3 Å². The van der Waals surface area contributed by atoms with Gasteiger partial charge in [0.1, 0.15) is 0 Å². The van der Waals surface area contributed by atoms with Crippen LogP contribution in [0.2, 0.25) is 0 Å². The molecular formula is C16H21ClN2OS. The molecule has 1 amide bonds. The number of likely N-dealkylation sites (N-methyl/N-ethyl adjacent to an activating group) is 1. The number of nitrogen functional groups attached to an aromatic ring is 1. The maximum Gasteiger partial charge on any atom is 0.222 e. The molecule has 3 nitrogen and oxygen atoms in total. The second kappa shape index (κ2) is 8.70. The number of hydrogen-bond donors (Lipinski definition) is 1. The molecule has 0 atom stereocenters. The van der Waals surface area contributed by atoms with Crippen LogP contribution in [0, 0.1) is 0 Å². The number of thiophene rings is 1. The Kier molecular flexibility index (Phi) is 7.26. The van der Waals surface area contributed by atoms with Gasteiger partial charge in [-0.25, -0.2) is 0 Å². The van der Waals surface area contributed by atoms with Gasteiger partial charge >= 0.3 is 0 Å². The van der Waals surface area contributed by atoms with E-state index in [1.54, 1.807) is 16.2 Å². The fraction of sp³-hybridized carbons (Fsp3) is 0.312. The minimum absolute atomic E-state index is 0. The highest BCUT2D eigenvalue weighted by Gasteiger charge is 2.10. The van der Waals surface area contributed by atoms with Gasteiger partial charge in [-0.05, 0) is 35.9 Å². The third-order valence-electron chi connectivity index (χ3n) is 3.36. The molecule has 0 bridgehead atoms. The molecule has 0 radical (unpaired) electrons. The van der Waals surface area contributed by atoms with E-state index in [2.05, 4.69) is 11.4 Å². The number of carbonyl (C=O) groups excluding carboxylic acids is 1. The van der Waals surface area contributed by atoms with Crippen LogP contribution in [0.4, 0.5) is 5.69 Å². The number of hydrogen-bond acceptors (Lipinski definition) is 3. The zero-order chi connectivity index (χ0) is 14.4. The number of carbonyl (C=O) groups is 1. The molecule has 0 saturated carbocycles. The van der Waals surface area contributed by atoms with Crippen molar-refractivity contribution in [3.63, 3.8) is 0 Å². The van der Waals surface area contributed by atoms with Crippen molar-refractivity contribution < 1.29 is 4.79 Å². The van der Waals surface area contributed by atoms with Crippen molar-refractivity contribution in [3.05, 3.63) is 52.2 Å². The number of nitrogens with two attached hydrogens (primary N) is 1. The summed E-state index contributed by atoms with van der Waals surface area (Å²) in [4.78, 5) is 15.2. The van der Waals surface area contributed by atoms with Crippen molar-refractivity contribution in [3.8, 4) is 0 Å². The van der Waals surface area contributed by atoms with E-state index < -0.39 is 0 Å². The van der Waals surface area contributed by atoms with E-state index in [0.29, 0.717) is 12.8 Å². The molecule has 0 aliphatic carbocycles. The highest BCUT2D eigenvalue weighted by Crippen LogP contribution is 2.14. The zero-order valence-electron chi connectivity index (χ0n) is 12.1. The quantitative estimate of drug-likeness (QED) is 0.828. The molecule has 2 N–H and O–H groups in total. The second-order valence-corrected chi connectivity index (χ2v) is 5.88. The number of rotatable bonds is 6. The molecule has 1 heterocycles. The summed E-state index contributed by atoms with van der Waals surface area (Å²) in [5.41, 5.74) is 7.70. The predicted molar refractivity (Wildman–Crippen MR) is 92.1 cm³/mol. The second-order valence-electron chi connectivity index (χ2n) is 4.84. The van der Waals surface area contributed by atoms with Gasteiger partial charge in [0.25, 0.3) is 0 Å². The summed E-state index contributed by atoms with van der Waals surface area (Å²) in [6, 6.07) is 11.9. The summed E-state index contributed by atoms with van der Waals surface area (Å²) in [6.07, 6.45) is 2.14. The molecule has 5 heteroatoms. The average Bonchev–Trinajstić information content (AvgIpc) is 2.97. The predicted octanol–water partition coefficient (Wildman–Crippen LogP) is 3.39. The summed E-state index contributed by atoms with van der Waals surface area (Å²) in [5, 5.41) is 2.06. The Bertz CT molecular complexity index is 557. The molecule has 114 valence electrons. The largest absolute Gasteiger partial charge is 0.399 e. The van der Waals surface area contributed by atoms with Crippen molar-refractivity contribution in [2.24, 2.45) is 0 Å². The summed E-state index contributed by atoms with van der Waals surface area (Å²) in [7, 11) is 1.87. The number of benzene rings is 1. The fourth-order valence-electron chi connectivity index (χ4n) is 2.05. The fourth-order valence-corrected chi connectivity index (χ4v) is 2.75. The van der Waals surface area contributed by atoms with Crippen LogP contribution in [-0.4, -0.2) is 24.4 Å². The maximum absolute atomic E-state index is 12.1. The standard InChI is InChI=1S/C16H20N2OS.ClH/c1-18(11-10-14-6-4-12-20-14)16(19)9-8-13-5-2-3-7-15(13)17;/h2-7,12H,8-11,17H2,1H3;1H. The van der Waals surface area contributed by atoms with Gasteiger partial charge < -0.3 is 10.6 Å². The van der Waals surface area contributed by atoms with Gasteiger partial charge in [0.15, 0.2) is 0 Å². The molecule has 1 aromatic heterocycles. The van der Waals surface area contributed by atoms with E-state index in [-0.39, 0.29) is 18.3 Å². The SMILES string of the molecule is CN(CCc1cccs1)C(=O)CCc1ccccc1N.Cl. The van der Waals surface area contributed by atoms with Crippen molar-refractivity contribution in [1.82, 2.24) is 4.90 Å². The molecule has 2 rings (SSSR count). The molecule has 2 aromatic rings. The lowest BCUT2D eigenvalue weighted by molar-refractivity contribution is -0.129. The molecule has 0 aliphatic rings. The van der Waals surface area contributed by atoms with Gasteiger partial charge in [0.05, 0.1) is 0 Å². The van der Waals surface area contributed by atoms with Gasteiger partial charge in [-0.1, -0.05) is 24.3 Å².